The standard InChI is InChI=1S/C12H15ClFN/c1-8(12(2)3-4-12)15-11-6-9(13)5-10(14)7-11/h5-8,15H,3-4H2,1-2H3. The van der Waals surface area contributed by atoms with Gasteiger partial charge in [0.1, 0.15) is 5.82 Å². The molecule has 1 unspecified atom stereocenters. The maximum absolute atomic E-state index is 13.1. The van der Waals surface area contributed by atoms with Crippen molar-refractivity contribution in [2.45, 2.75) is 32.7 Å². The topological polar surface area (TPSA) is 12.0 Å². The van der Waals surface area contributed by atoms with Crippen molar-refractivity contribution >= 4 is 17.3 Å². The molecule has 0 bridgehead atoms. The van der Waals surface area contributed by atoms with Crippen LogP contribution in [0.3, 0.4) is 0 Å². The molecule has 3 heteroatoms. The van der Waals surface area contributed by atoms with Crippen LogP contribution in [0.5, 0.6) is 0 Å². The Morgan fingerprint density at radius 3 is 2.60 bits per heavy atom. The lowest BCUT2D eigenvalue weighted by molar-refractivity contribution is 0.493. The molecule has 82 valence electrons. The molecular weight excluding hydrogens is 213 g/mol. The lowest BCUT2D eigenvalue weighted by Gasteiger charge is -2.21. The Bertz CT molecular complexity index is 354. The van der Waals surface area contributed by atoms with Gasteiger partial charge in [0.2, 0.25) is 0 Å². The summed E-state index contributed by atoms with van der Waals surface area (Å²) < 4.78 is 13.1. The fourth-order valence-electron chi connectivity index (χ4n) is 1.69. The third kappa shape index (κ3) is 2.43. The summed E-state index contributed by atoms with van der Waals surface area (Å²) >= 11 is 5.78. The number of benzene rings is 1. The normalized spacial score (nSPS) is 19.7. The van der Waals surface area contributed by atoms with Gasteiger partial charge < -0.3 is 5.32 Å². The first-order valence-electron chi connectivity index (χ1n) is 5.22. The van der Waals surface area contributed by atoms with Gasteiger partial charge in [-0.3, -0.25) is 0 Å². The van der Waals surface area contributed by atoms with Crippen molar-refractivity contribution in [1.29, 1.82) is 0 Å². The zero-order valence-corrected chi connectivity index (χ0v) is 9.74. The molecule has 0 amide bonds. The van der Waals surface area contributed by atoms with Crippen molar-refractivity contribution in [3.8, 4) is 0 Å². The van der Waals surface area contributed by atoms with Crippen LogP contribution < -0.4 is 5.32 Å². The monoisotopic (exact) mass is 227 g/mol. The lowest BCUT2D eigenvalue weighted by atomic mass is 10.0. The van der Waals surface area contributed by atoms with Crippen LogP contribution in [0.15, 0.2) is 18.2 Å². The van der Waals surface area contributed by atoms with Gasteiger partial charge in [-0.2, -0.15) is 0 Å². The summed E-state index contributed by atoms with van der Waals surface area (Å²) in [5.74, 6) is -0.293. The van der Waals surface area contributed by atoms with Crippen LogP contribution in [-0.2, 0) is 0 Å². The first-order chi connectivity index (χ1) is 6.99. The Labute approximate surface area is 94.6 Å². The van der Waals surface area contributed by atoms with E-state index >= 15 is 0 Å². The van der Waals surface area contributed by atoms with Gasteiger partial charge in [0.15, 0.2) is 0 Å². The minimum absolute atomic E-state index is 0.293. The number of halogens is 2. The molecule has 1 nitrogen and oxygen atoms in total. The van der Waals surface area contributed by atoms with E-state index in [2.05, 4.69) is 19.2 Å². The summed E-state index contributed by atoms with van der Waals surface area (Å²) in [4.78, 5) is 0. The van der Waals surface area contributed by atoms with Crippen molar-refractivity contribution in [1.82, 2.24) is 0 Å². The van der Waals surface area contributed by atoms with Gasteiger partial charge in [-0.25, -0.2) is 4.39 Å². The van der Waals surface area contributed by atoms with E-state index in [-0.39, 0.29) is 5.82 Å². The molecule has 1 N–H and O–H groups in total. The highest BCUT2D eigenvalue weighted by Gasteiger charge is 2.42. The van der Waals surface area contributed by atoms with Gasteiger partial charge in [0.25, 0.3) is 0 Å². The molecule has 2 rings (SSSR count). The van der Waals surface area contributed by atoms with Crippen LogP contribution in [0.25, 0.3) is 0 Å². The fraction of sp³-hybridized carbons (Fsp3) is 0.500. The Kier molecular flexibility index (Phi) is 2.63. The van der Waals surface area contributed by atoms with E-state index in [0.29, 0.717) is 16.5 Å². The summed E-state index contributed by atoms with van der Waals surface area (Å²) in [7, 11) is 0. The van der Waals surface area contributed by atoms with Crippen molar-refractivity contribution in [3.05, 3.63) is 29.0 Å². The summed E-state index contributed by atoms with van der Waals surface area (Å²) in [6.07, 6.45) is 2.48. The average Bonchev–Trinajstić information content (AvgIpc) is 2.83. The molecule has 0 spiro atoms. The maximum Gasteiger partial charge on any atom is 0.126 e. The quantitative estimate of drug-likeness (QED) is 0.821. The van der Waals surface area contributed by atoms with Crippen LogP contribution in [0.4, 0.5) is 10.1 Å². The first kappa shape index (κ1) is 10.7. The molecule has 0 aromatic heterocycles. The number of anilines is 1. The molecule has 1 fully saturated rings. The Hall–Kier alpha value is -0.760. The van der Waals surface area contributed by atoms with Gasteiger partial charge in [0, 0.05) is 16.8 Å². The van der Waals surface area contributed by atoms with Crippen LogP contribution in [-0.4, -0.2) is 6.04 Å². The molecule has 0 aliphatic heterocycles. The van der Waals surface area contributed by atoms with Gasteiger partial charge >= 0.3 is 0 Å². The SMILES string of the molecule is CC(Nc1cc(F)cc(Cl)c1)C1(C)CC1. The van der Waals surface area contributed by atoms with E-state index < -0.39 is 0 Å². The summed E-state index contributed by atoms with van der Waals surface area (Å²) in [6.45, 7) is 4.37. The fourth-order valence-corrected chi connectivity index (χ4v) is 1.91. The highest BCUT2D eigenvalue weighted by Crippen LogP contribution is 2.48. The molecule has 1 saturated carbocycles. The molecule has 0 radical (unpaired) electrons. The molecule has 1 aliphatic rings. The minimum Gasteiger partial charge on any atom is -0.382 e. The number of hydrogen-bond donors (Lipinski definition) is 1. The Balaban J connectivity index is 2.10. The number of rotatable bonds is 3. The lowest BCUT2D eigenvalue weighted by Crippen LogP contribution is -2.24. The molecule has 1 aromatic rings. The van der Waals surface area contributed by atoms with Gasteiger partial charge in [-0.1, -0.05) is 18.5 Å². The largest absolute Gasteiger partial charge is 0.382 e. The molecule has 1 aliphatic carbocycles. The van der Waals surface area contributed by atoms with Crippen LogP contribution in [0, 0.1) is 11.2 Å². The predicted octanol–water partition coefficient (Wildman–Crippen LogP) is 4.08. The number of nitrogens with one attached hydrogen (secondary N) is 1. The van der Waals surface area contributed by atoms with Crippen LogP contribution >= 0.6 is 11.6 Å². The van der Waals surface area contributed by atoms with Gasteiger partial charge in [-0.15, -0.1) is 0 Å². The van der Waals surface area contributed by atoms with E-state index in [9.17, 15) is 4.39 Å². The first-order valence-corrected chi connectivity index (χ1v) is 5.60. The Morgan fingerprint density at radius 2 is 2.07 bits per heavy atom. The van der Waals surface area contributed by atoms with Crippen LogP contribution in [0.2, 0.25) is 5.02 Å². The zero-order chi connectivity index (χ0) is 11.1. The third-order valence-electron chi connectivity index (χ3n) is 3.33. The highest BCUT2D eigenvalue weighted by molar-refractivity contribution is 6.30. The molecule has 0 saturated heterocycles. The van der Waals surface area contributed by atoms with E-state index in [1.807, 2.05) is 0 Å². The van der Waals surface area contributed by atoms with Crippen molar-refractivity contribution in [2.24, 2.45) is 5.41 Å². The van der Waals surface area contributed by atoms with E-state index in [1.165, 1.54) is 25.0 Å². The van der Waals surface area contributed by atoms with Gasteiger partial charge in [-0.05, 0) is 43.4 Å². The molecule has 1 atom stereocenters. The van der Waals surface area contributed by atoms with Crippen LogP contribution in [0.1, 0.15) is 26.7 Å². The van der Waals surface area contributed by atoms with Crippen molar-refractivity contribution in [2.75, 3.05) is 5.32 Å². The predicted molar refractivity (Wildman–Crippen MR) is 61.8 cm³/mol. The Morgan fingerprint density at radius 1 is 1.40 bits per heavy atom. The molecule has 1 aromatic carbocycles. The van der Waals surface area contributed by atoms with Crippen molar-refractivity contribution in [3.63, 3.8) is 0 Å². The highest BCUT2D eigenvalue weighted by atomic mass is 35.5. The van der Waals surface area contributed by atoms with E-state index in [4.69, 9.17) is 11.6 Å². The second-order valence-electron chi connectivity index (χ2n) is 4.68. The summed E-state index contributed by atoms with van der Waals surface area (Å²) in [6, 6.07) is 4.91. The van der Waals surface area contributed by atoms with E-state index in [1.54, 1.807) is 6.07 Å². The zero-order valence-electron chi connectivity index (χ0n) is 8.98. The molecular formula is C12H15ClFN. The minimum atomic E-state index is -0.293. The third-order valence-corrected chi connectivity index (χ3v) is 3.55. The van der Waals surface area contributed by atoms with E-state index in [0.717, 1.165) is 5.69 Å². The van der Waals surface area contributed by atoms with Gasteiger partial charge in [0.05, 0.1) is 0 Å². The molecule has 15 heavy (non-hydrogen) atoms. The summed E-state index contributed by atoms with van der Waals surface area (Å²) in [5, 5.41) is 3.74. The number of hydrogen-bond acceptors (Lipinski definition) is 1. The smallest absolute Gasteiger partial charge is 0.126 e. The van der Waals surface area contributed by atoms with Crippen molar-refractivity contribution < 1.29 is 4.39 Å². The second-order valence-corrected chi connectivity index (χ2v) is 5.11. The maximum atomic E-state index is 13.1. The average molecular weight is 228 g/mol. The second kappa shape index (κ2) is 3.67. The molecule has 0 heterocycles. The summed E-state index contributed by atoms with van der Waals surface area (Å²) in [5.41, 5.74) is 1.14.